The Hall–Kier alpha value is -5.50. The molecule has 2 aromatic heterocycles. The summed E-state index contributed by atoms with van der Waals surface area (Å²) in [5.41, 5.74) is 0.0509. The Kier molecular flexibility index (Phi) is 9.87. The first-order valence-corrected chi connectivity index (χ1v) is 17.0. The number of carbonyl (C=O) groups is 2. The van der Waals surface area contributed by atoms with E-state index in [1.165, 1.54) is 60.4 Å². The Balaban J connectivity index is 1.63. The molecule has 5 aromatic rings. The average molecular weight is 707 g/mol. The second-order valence-electron chi connectivity index (χ2n) is 12.6. The molecule has 2 heterocycles. The van der Waals surface area contributed by atoms with Crippen LogP contribution in [0.5, 0.6) is 11.5 Å². The molecule has 14 heteroatoms. The van der Waals surface area contributed by atoms with Crippen LogP contribution in [0.1, 0.15) is 39.7 Å². The lowest BCUT2D eigenvalue weighted by molar-refractivity contribution is -0.118. The number of fused-ring (bicyclic) bond motifs is 1. The summed E-state index contributed by atoms with van der Waals surface area (Å²) >= 11 is 0. The van der Waals surface area contributed by atoms with E-state index < -0.39 is 50.9 Å². The van der Waals surface area contributed by atoms with Crippen molar-refractivity contribution in [2.45, 2.75) is 57.6 Å². The highest BCUT2D eigenvalue weighted by Gasteiger charge is 2.26. The largest absolute Gasteiger partial charge is 0.454 e. The van der Waals surface area contributed by atoms with Crippen LogP contribution in [0.15, 0.2) is 88.8 Å². The second kappa shape index (κ2) is 13.8. The molecule has 0 aliphatic heterocycles. The molecule has 0 saturated carbocycles. The van der Waals surface area contributed by atoms with E-state index in [4.69, 9.17) is 9.47 Å². The maximum absolute atomic E-state index is 14.8. The van der Waals surface area contributed by atoms with Crippen molar-refractivity contribution in [3.63, 3.8) is 0 Å². The first kappa shape index (κ1) is 35.8. The number of rotatable bonds is 9. The fraction of sp³-hybridized carbons (Fsp3) is 0.250. The van der Waals surface area contributed by atoms with Crippen LogP contribution in [0.25, 0.3) is 22.0 Å². The molecule has 0 bridgehead atoms. The van der Waals surface area contributed by atoms with Gasteiger partial charge >= 0.3 is 6.09 Å². The van der Waals surface area contributed by atoms with Crippen molar-refractivity contribution < 1.29 is 36.3 Å². The quantitative estimate of drug-likeness (QED) is 0.171. The average Bonchev–Trinajstić information content (AvgIpc) is 3.49. The molecule has 3 aromatic carbocycles. The van der Waals surface area contributed by atoms with Crippen LogP contribution in [0.2, 0.25) is 0 Å². The van der Waals surface area contributed by atoms with Crippen molar-refractivity contribution in [2.24, 2.45) is 7.05 Å². The van der Waals surface area contributed by atoms with Crippen molar-refractivity contribution in [1.82, 2.24) is 13.9 Å². The zero-order valence-corrected chi connectivity index (χ0v) is 29.0. The predicted octanol–water partition coefficient (Wildman–Crippen LogP) is 6.86. The summed E-state index contributed by atoms with van der Waals surface area (Å²) in [6.07, 6.45) is 2.18. The molecule has 50 heavy (non-hydrogen) atoms. The fourth-order valence-corrected chi connectivity index (χ4v) is 6.53. The molecule has 0 saturated heterocycles. The third-order valence-corrected chi connectivity index (χ3v) is 9.32. The highest BCUT2D eigenvalue weighted by molar-refractivity contribution is 7.90. The third kappa shape index (κ3) is 7.54. The number of nitrogens with one attached hydrogen (secondary N) is 2. The summed E-state index contributed by atoms with van der Waals surface area (Å²) in [6.45, 7) is 8.60. The molecule has 5 rings (SSSR count). The Morgan fingerprint density at radius 2 is 1.62 bits per heavy atom. The van der Waals surface area contributed by atoms with Crippen LogP contribution in [-0.4, -0.2) is 40.6 Å². The van der Waals surface area contributed by atoms with Gasteiger partial charge in [0.1, 0.15) is 28.7 Å². The summed E-state index contributed by atoms with van der Waals surface area (Å²) in [5, 5.41) is 5.52. The summed E-state index contributed by atoms with van der Waals surface area (Å²) in [7, 11) is -2.77. The van der Waals surface area contributed by atoms with Gasteiger partial charge in [-0.1, -0.05) is 24.6 Å². The Morgan fingerprint density at radius 1 is 0.940 bits per heavy atom. The zero-order chi connectivity index (χ0) is 36.5. The molecule has 0 radical (unpaired) electrons. The molecule has 0 fully saturated rings. The number of pyridine rings is 1. The summed E-state index contributed by atoms with van der Waals surface area (Å²) in [4.78, 5) is 39.2. The van der Waals surface area contributed by atoms with Crippen LogP contribution in [0.4, 0.5) is 19.3 Å². The number of hydrogen-bond acceptors (Lipinski definition) is 7. The van der Waals surface area contributed by atoms with Crippen LogP contribution in [-0.2, 0) is 26.6 Å². The standard InChI is InChI=1S/C36H36F2N4O7S/c1-7-29(40-35(45)49-36(3,4)5)33(43)39-23-11-15-30(48-31-14-10-22(37)18-28(31)38)26(19-23)27-20-41(6)34(44)32-25(27)16-17-42(32)50(46,47)24-12-8-21(2)9-13-24/h8-20,29H,7H2,1-6H3,(H,39,43)(H,40,45)/t29-/m0/s1. The Bertz CT molecular complexity index is 2280. The monoisotopic (exact) mass is 706 g/mol. The molecular weight excluding hydrogens is 670 g/mol. The van der Waals surface area contributed by atoms with Gasteiger partial charge in [-0.3, -0.25) is 9.59 Å². The summed E-state index contributed by atoms with van der Waals surface area (Å²) in [5.74, 6) is -2.62. The van der Waals surface area contributed by atoms with Crippen molar-refractivity contribution in [1.29, 1.82) is 0 Å². The number of alkyl carbamates (subject to hydrolysis) is 1. The van der Waals surface area contributed by atoms with Gasteiger partial charge in [0, 0.05) is 47.7 Å². The minimum absolute atomic E-state index is 0.0287. The molecule has 1 atom stereocenters. The molecule has 0 aliphatic rings. The third-order valence-electron chi connectivity index (χ3n) is 7.63. The van der Waals surface area contributed by atoms with Gasteiger partial charge in [-0.05, 0) is 82.6 Å². The SMILES string of the molecule is CC[C@H](NC(=O)OC(C)(C)C)C(=O)Nc1ccc(Oc2ccc(F)cc2F)c(-c2cn(C)c(=O)c3c2ccn3S(=O)(=O)c2ccc(C)cc2)c1. The van der Waals surface area contributed by atoms with Gasteiger partial charge < -0.3 is 24.7 Å². The lowest BCUT2D eigenvalue weighted by Gasteiger charge is -2.23. The van der Waals surface area contributed by atoms with Crippen LogP contribution >= 0.6 is 0 Å². The number of ether oxygens (including phenoxy) is 2. The van der Waals surface area contributed by atoms with Crippen LogP contribution in [0, 0.1) is 18.6 Å². The number of nitrogens with zero attached hydrogens (tertiary/aromatic N) is 2. The summed E-state index contributed by atoms with van der Waals surface area (Å²) in [6, 6.07) is 13.9. The molecule has 0 aliphatic carbocycles. The van der Waals surface area contributed by atoms with E-state index in [1.54, 1.807) is 39.8 Å². The molecule has 11 nitrogen and oxygen atoms in total. The van der Waals surface area contributed by atoms with Gasteiger partial charge in [0.2, 0.25) is 5.91 Å². The first-order valence-electron chi connectivity index (χ1n) is 15.6. The number of halogens is 2. The number of benzene rings is 3. The van der Waals surface area contributed by atoms with E-state index in [0.717, 1.165) is 21.7 Å². The van der Waals surface area contributed by atoms with E-state index in [0.29, 0.717) is 11.6 Å². The number of aromatic nitrogens is 2. The van der Waals surface area contributed by atoms with Crippen molar-refractivity contribution in [2.75, 3.05) is 5.32 Å². The number of amides is 2. The molecular formula is C36H36F2N4O7S. The molecule has 2 N–H and O–H groups in total. The molecule has 0 unspecified atom stereocenters. The zero-order valence-electron chi connectivity index (χ0n) is 28.2. The van der Waals surface area contributed by atoms with Crippen molar-refractivity contribution in [3.8, 4) is 22.6 Å². The normalized spacial score (nSPS) is 12.4. The highest BCUT2D eigenvalue weighted by Crippen LogP contribution is 2.40. The summed E-state index contributed by atoms with van der Waals surface area (Å²) < 4.78 is 69.3. The van der Waals surface area contributed by atoms with Gasteiger partial charge in [-0.25, -0.2) is 26.0 Å². The Morgan fingerprint density at radius 3 is 2.26 bits per heavy atom. The van der Waals surface area contributed by atoms with Gasteiger partial charge in [-0.15, -0.1) is 0 Å². The number of carbonyl (C=O) groups excluding carboxylic acids is 2. The van der Waals surface area contributed by atoms with E-state index in [9.17, 15) is 31.6 Å². The first-order chi connectivity index (χ1) is 23.5. The second-order valence-corrected chi connectivity index (χ2v) is 14.4. The molecule has 262 valence electrons. The van der Waals surface area contributed by atoms with Crippen LogP contribution in [0.3, 0.4) is 0 Å². The van der Waals surface area contributed by atoms with Gasteiger partial charge in [-0.2, -0.15) is 0 Å². The van der Waals surface area contributed by atoms with E-state index in [2.05, 4.69) is 10.6 Å². The van der Waals surface area contributed by atoms with E-state index >= 15 is 0 Å². The molecule has 0 spiro atoms. The lowest BCUT2D eigenvalue weighted by atomic mass is 10.0. The van der Waals surface area contributed by atoms with E-state index in [1.807, 2.05) is 6.92 Å². The van der Waals surface area contributed by atoms with Gasteiger partial charge in [0.15, 0.2) is 11.6 Å². The maximum atomic E-state index is 14.8. The Labute approximate surface area is 287 Å². The predicted molar refractivity (Wildman–Crippen MR) is 185 cm³/mol. The minimum Gasteiger partial charge on any atom is -0.454 e. The van der Waals surface area contributed by atoms with Crippen molar-refractivity contribution in [3.05, 3.63) is 107 Å². The number of aryl methyl sites for hydroxylation is 2. The minimum atomic E-state index is -4.22. The number of anilines is 1. The van der Waals surface area contributed by atoms with E-state index in [-0.39, 0.29) is 45.0 Å². The number of hydrogen-bond donors (Lipinski definition) is 2. The lowest BCUT2D eigenvalue weighted by Crippen LogP contribution is -2.45. The van der Waals surface area contributed by atoms with Crippen LogP contribution < -0.4 is 20.9 Å². The maximum Gasteiger partial charge on any atom is 0.408 e. The molecule has 2 amide bonds. The smallest absolute Gasteiger partial charge is 0.408 e. The topological polar surface area (TPSA) is 138 Å². The highest BCUT2D eigenvalue weighted by atomic mass is 32.2. The fourth-order valence-electron chi connectivity index (χ4n) is 5.18. The van der Waals surface area contributed by atoms with Crippen molar-refractivity contribution >= 4 is 38.6 Å². The van der Waals surface area contributed by atoms with Gasteiger partial charge in [0.05, 0.1) is 4.90 Å². The van der Waals surface area contributed by atoms with Gasteiger partial charge in [0.25, 0.3) is 15.6 Å².